The van der Waals surface area contributed by atoms with E-state index in [1.54, 1.807) is 0 Å². The number of nitriles is 1. The molecule has 5 nitrogen and oxygen atoms in total. The fourth-order valence-corrected chi connectivity index (χ4v) is 4.34. The van der Waals surface area contributed by atoms with Gasteiger partial charge in [-0.05, 0) is 18.4 Å². The van der Waals surface area contributed by atoms with Gasteiger partial charge >= 0.3 is 6.09 Å². The summed E-state index contributed by atoms with van der Waals surface area (Å²) >= 11 is 1.85. The van der Waals surface area contributed by atoms with Crippen molar-refractivity contribution in [1.29, 1.82) is 5.26 Å². The number of nitrogens with one attached hydrogen (secondary N) is 1. The SMILES string of the molecule is N#C[C@@H]1CS[C@H]2CC[C@@H](NC(=O)OCc3ccccc3)CN12. The summed E-state index contributed by atoms with van der Waals surface area (Å²) in [6, 6.07) is 12.0. The van der Waals surface area contributed by atoms with Gasteiger partial charge in [0.15, 0.2) is 0 Å². The van der Waals surface area contributed by atoms with Crippen LogP contribution in [0.1, 0.15) is 18.4 Å². The zero-order chi connectivity index (χ0) is 15.4. The molecule has 6 heteroatoms. The molecular formula is C16H19N3O2S. The number of piperidine rings is 1. The Hall–Kier alpha value is -1.71. The molecule has 0 unspecified atom stereocenters. The van der Waals surface area contributed by atoms with Gasteiger partial charge in [-0.3, -0.25) is 4.90 Å². The molecule has 2 fully saturated rings. The summed E-state index contributed by atoms with van der Waals surface area (Å²) < 4.78 is 5.26. The Labute approximate surface area is 134 Å². The lowest BCUT2D eigenvalue weighted by Gasteiger charge is -2.35. The van der Waals surface area contributed by atoms with E-state index in [2.05, 4.69) is 16.3 Å². The topological polar surface area (TPSA) is 65.4 Å². The Bertz CT molecular complexity index is 560. The van der Waals surface area contributed by atoms with Crippen molar-refractivity contribution < 1.29 is 9.53 Å². The van der Waals surface area contributed by atoms with Gasteiger partial charge in [-0.25, -0.2) is 4.79 Å². The normalized spacial score (nSPS) is 27.7. The van der Waals surface area contributed by atoms with Gasteiger partial charge in [-0.2, -0.15) is 5.26 Å². The van der Waals surface area contributed by atoms with Crippen LogP contribution in [-0.4, -0.2) is 40.7 Å². The summed E-state index contributed by atoms with van der Waals surface area (Å²) in [5, 5.41) is 12.5. The van der Waals surface area contributed by atoms with E-state index < -0.39 is 0 Å². The van der Waals surface area contributed by atoms with Crippen molar-refractivity contribution in [3.05, 3.63) is 35.9 Å². The summed E-state index contributed by atoms with van der Waals surface area (Å²) in [5.74, 6) is 0.867. The lowest BCUT2D eigenvalue weighted by molar-refractivity contribution is 0.119. The van der Waals surface area contributed by atoms with Crippen LogP contribution in [0.25, 0.3) is 0 Å². The molecular weight excluding hydrogens is 298 g/mol. The molecule has 1 aromatic rings. The second-order valence-electron chi connectivity index (χ2n) is 5.61. The van der Waals surface area contributed by atoms with Crippen molar-refractivity contribution >= 4 is 17.9 Å². The number of hydrogen-bond donors (Lipinski definition) is 1. The molecule has 3 atom stereocenters. The minimum absolute atomic E-state index is 0.0278. The van der Waals surface area contributed by atoms with Gasteiger partial charge in [-0.1, -0.05) is 30.3 Å². The summed E-state index contributed by atoms with van der Waals surface area (Å²) in [7, 11) is 0. The van der Waals surface area contributed by atoms with Gasteiger partial charge in [0.25, 0.3) is 0 Å². The summed E-state index contributed by atoms with van der Waals surface area (Å²) in [4.78, 5) is 14.1. The summed E-state index contributed by atoms with van der Waals surface area (Å²) in [6.45, 7) is 1.01. The predicted molar refractivity (Wildman–Crippen MR) is 85.1 cm³/mol. The highest BCUT2D eigenvalue weighted by Crippen LogP contribution is 2.35. The fourth-order valence-electron chi connectivity index (χ4n) is 2.94. The zero-order valence-electron chi connectivity index (χ0n) is 12.3. The second-order valence-corrected chi connectivity index (χ2v) is 6.82. The molecule has 1 N–H and O–H groups in total. The first kappa shape index (κ1) is 15.2. The van der Waals surface area contributed by atoms with Crippen LogP contribution < -0.4 is 5.32 Å². The average molecular weight is 317 g/mol. The van der Waals surface area contributed by atoms with Crippen molar-refractivity contribution in [3.63, 3.8) is 0 Å². The number of nitrogens with zero attached hydrogens (tertiary/aromatic N) is 2. The molecule has 22 heavy (non-hydrogen) atoms. The molecule has 1 aromatic carbocycles. The summed E-state index contributed by atoms with van der Waals surface area (Å²) in [6.07, 6.45) is 1.56. The van der Waals surface area contributed by atoms with E-state index in [9.17, 15) is 4.79 Å². The molecule has 2 heterocycles. The molecule has 2 aliphatic rings. The molecule has 3 rings (SSSR count). The van der Waals surface area contributed by atoms with Crippen molar-refractivity contribution in [2.45, 2.75) is 36.9 Å². The van der Waals surface area contributed by atoms with Crippen molar-refractivity contribution in [3.8, 4) is 6.07 Å². The number of alkyl carbamates (subject to hydrolysis) is 1. The maximum atomic E-state index is 11.9. The number of thioether (sulfide) groups is 1. The lowest BCUT2D eigenvalue weighted by atomic mass is 10.0. The number of ether oxygens (including phenoxy) is 1. The van der Waals surface area contributed by atoms with Crippen molar-refractivity contribution in [2.75, 3.05) is 12.3 Å². The maximum absolute atomic E-state index is 11.9. The van der Waals surface area contributed by atoms with E-state index in [0.29, 0.717) is 5.37 Å². The third kappa shape index (κ3) is 3.54. The molecule has 0 aliphatic carbocycles. The van der Waals surface area contributed by atoms with Crippen molar-refractivity contribution in [2.24, 2.45) is 0 Å². The number of hydrogen-bond acceptors (Lipinski definition) is 5. The highest BCUT2D eigenvalue weighted by Gasteiger charge is 2.39. The molecule has 0 bridgehead atoms. The average Bonchev–Trinajstić information content (AvgIpc) is 2.96. The number of benzene rings is 1. The first-order chi connectivity index (χ1) is 10.8. The molecule has 0 saturated carbocycles. The van der Waals surface area contributed by atoms with Crippen LogP contribution in [0.3, 0.4) is 0 Å². The Balaban J connectivity index is 1.47. The Kier molecular flexibility index (Phi) is 4.86. The molecule has 0 radical (unpaired) electrons. The molecule has 1 amide bonds. The highest BCUT2D eigenvalue weighted by atomic mass is 32.2. The Morgan fingerprint density at radius 3 is 3.00 bits per heavy atom. The van der Waals surface area contributed by atoms with Gasteiger partial charge in [0.05, 0.1) is 11.4 Å². The largest absolute Gasteiger partial charge is 0.445 e. The number of fused-ring (bicyclic) bond motifs is 1. The van der Waals surface area contributed by atoms with E-state index in [1.165, 1.54) is 0 Å². The highest BCUT2D eigenvalue weighted by molar-refractivity contribution is 8.00. The molecule has 0 aromatic heterocycles. The van der Waals surface area contributed by atoms with E-state index in [0.717, 1.165) is 30.7 Å². The van der Waals surface area contributed by atoms with E-state index in [4.69, 9.17) is 10.00 Å². The number of rotatable bonds is 3. The predicted octanol–water partition coefficient (Wildman–Crippen LogP) is 2.34. The van der Waals surface area contributed by atoms with E-state index in [-0.39, 0.29) is 24.8 Å². The first-order valence-electron chi connectivity index (χ1n) is 7.50. The number of carbonyl (C=O) groups is 1. The van der Waals surface area contributed by atoms with Gasteiger partial charge in [-0.15, -0.1) is 11.8 Å². The van der Waals surface area contributed by atoms with Gasteiger partial charge in [0.1, 0.15) is 12.6 Å². The zero-order valence-corrected chi connectivity index (χ0v) is 13.1. The van der Waals surface area contributed by atoms with E-state index in [1.807, 2.05) is 42.1 Å². The van der Waals surface area contributed by atoms with Crippen molar-refractivity contribution in [1.82, 2.24) is 10.2 Å². The molecule has 0 spiro atoms. The molecule has 116 valence electrons. The second kappa shape index (κ2) is 7.03. The standard InChI is InChI=1S/C16H19N3O2S/c17-8-14-11-22-15-7-6-13(9-19(14)15)18-16(20)21-10-12-4-2-1-3-5-12/h1-5,13-15H,6-7,9-11H2,(H,18,20)/t13-,14-,15+/m1/s1. The number of amides is 1. The number of carbonyl (C=O) groups excluding carboxylic acids is 1. The summed E-state index contributed by atoms with van der Waals surface area (Å²) in [5.41, 5.74) is 0.974. The van der Waals surface area contributed by atoms with Crippen LogP contribution in [0.4, 0.5) is 4.79 Å². The third-order valence-electron chi connectivity index (χ3n) is 4.09. The minimum atomic E-state index is -0.382. The van der Waals surface area contributed by atoms with Crippen LogP contribution in [0, 0.1) is 11.3 Å². The Morgan fingerprint density at radius 1 is 1.41 bits per heavy atom. The van der Waals surface area contributed by atoms with Crippen LogP contribution >= 0.6 is 11.8 Å². The maximum Gasteiger partial charge on any atom is 0.407 e. The minimum Gasteiger partial charge on any atom is -0.445 e. The first-order valence-corrected chi connectivity index (χ1v) is 8.55. The van der Waals surface area contributed by atoms with Crippen LogP contribution in [0.2, 0.25) is 0 Å². The smallest absolute Gasteiger partial charge is 0.407 e. The van der Waals surface area contributed by atoms with Gasteiger partial charge in [0, 0.05) is 18.3 Å². The molecule has 2 saturated heterocycles. The lowest BCUT2D eigenvalue weighted by Crippen LogP contribution is -2.51. The van der Waals surface area contributed by atoms with Gasteiger partial charge in [0.2, 0.25) is 0 Å². The van der Waals surface area contributed by atoms with Crippen LogP contribution in [0.5, 0.6) is 0 Å². The monoisotopic (exact) mass is 317 g/mol. The molecule has 2 aliphatic heterocycles. The van der Waals surface area contributed by atoms with Crippen LogP contribution in [-0.2, 0) is 11.3 Å². The van der Waals surface area contributed by atoms with Crippen LogP contribution in [0.15, 0.2) is 30.3 Å². The third-order valence-corrected chi connectivity index (χ3v) is 5.49. The van der Waals surface area contributed by atoms with Gasteiger partial charge < -0.3 is 10.1 Å². The van der Waals surface area contributed by atoms with E-state index >= 15 is 0 Å². The Morgan fingerprint density at radius 2 is 2.23 bits per heavy atom. The quantitative estimate of drug-likeness (QED) is 0.927. The fraction of sp³-hybridized carbons (Fsp3) is 0.500.